The number of thioether (sulfide) groups is 1. The van der Waals surface area contributed by atoms with Crippen molar-refractivity contribution in [2.24, 2.45) is 5.41 Å². The lowest BCUT2D eigenvalue weighted by Gasteiger charge is -2.55. The predicted molar refractivity (Wildman–Crippen MR) is 169 cm³/mol. The van der Waals surface area contributed by atoms with Gasteiger partial charge in [0.25, 0.3) is 0 Å². The third-order valence-corrected chi connectivity index (χ3v) is 8.97. The van der Waals surface area contributed by atoms with Crippen molar-refractivity contribution in [2.45, 2.75) is 79.2 Å². The number of rotatable bonds is 10. The van der Waals surface area contributed by atoms with Crippen molar-refractivity contribution in [3.05, 3.63) is 40.4 Å². The van der Waals surface area contributed by atoms with Gasteiger partial charge in [-0.15, -0.1) is 11.3 Å². The summed E-state index contributed by atoms with van der Waals surface area (Å²) in [6.07, 6.45) is -1.18. The van der Waals surface area contributed by atoms with Crippen LogP contribution in [0, 0.1) is 5.41 Å². The summed E-state index contributed by atoms with van der Waals surface area (Å²) in [7, 11) is 0. The number of aryl methyl sites for hydroxylation is 2. The highest BCUT2D eigenvalue weighted by atomic mass is 32.2. The topological polar surface area (TPSA) is 147 Å². The molecule has 1 saturated heterocycles. The Morgan fingerprint density at radius 3 is 2.12 bits per heavy atom. The van der Waals surface area contributed by atoms with Gasteiger partial charge < -0.3 is 20.8 Å². The number of nitrogens with one attached hydrogen (secondary N) is 3. The summed E-state index contributed by atoms with van der Waals surface area (Å²) in [6.45, 7) is 14.9. The molecule has 13 heteroatoms. The van der Waals surface area contributed by atoms with Crippen molar-refractivity contribution in [1.82, 2.24) is 20.1 Å². The van der Waals surface area contributed by atoms with Crippen LogP contribution in [0.5, 0.6) is 0 Å². The van der Waals surface area contributed by atoms with Crippen LogP contribution in [0.4, 0.5) is 20.4 Å². The monoisotopic (exact) mass is 620 g/mol. The molecule has 1 unspecified atom stereocenters. The first kappa shape index (κ1) is 33.5. The zero-order valence-electron chi connectivity index (χ0n) is 25.5. The molecule has 1 atom stereocenters. The SMILES string of the molecule is CC(=O)Nc1nc(CCc2ccc(NC(NC(=O)O)(N(C(=O)O)C(C)(C)C)C(C)(C)C)cc2)c(CN2CCSCC2)s1. The second-order valence-electron chi connectivity index (χ2n) is 12.5. The normalized spacial score (nSPS) is 15.9. The Labute approximate surface area is 256 Å². The Bertz CT molecular complexity index is 1250. The van der Waals surface area contributed by atoms with Gasteiger partial charge >= 0.3 is 12.2 Å². The van der Waals surface area contributed by atoms with Gasteiger partial charge in [-0.05, 0) is 51.3 Å². The number of carboxylic acid groups (broad SMARTS) is 2. The molecule has 3 amide bonds. The third-order valence-electron chi connectivity index (χ3n) is 7.03. The fourth-order valence-corrected chi connectivity index (χ4v) is 7.11. The number of nitrogens with zero attached hydrogens (tertiary/aromatic N) is 3. The zero-order valence-corrected chi connectivity index (χ0v) is 27.2. The molecule has 0 spiro atoms. The molecule has 232 valence electrons. The Morgan fingerprint density at radius 2 is 1.62 bits per heavy atom. The first-order valence-corrected chi connectivity index (χ1v) is 16.0. The van der Waals surface area contributed by atoms with Crippen molar-refractivity contribution in [1.29, 1.82) is 0 Å². The van der Waals surface area contributed by atoms with Crippen molar-refractivity contribution in [2.75, 3.05) is 35.2 Å². The highest BCUT2D eigenvalue weighted by molar-refractivity contribution is 7.99. The number of carbonyl (C=O) groups excluding carboxylic acids is 1. The lowest BCUT2D eigenvalue weighted by atomic mass is 9.82. The zero-order chi connectivity index (χ0) is 31.3. The molecular weight excluding hydrogens is 576 g/mol. The molecule has 1 aliphatic rings. The molecule has 5 N–H and O–H groups in total. The molecule has 0 aliphatic carbocycles. The number of anilines is 2. The summed E-state index contributed by atoms with van der Waals surface area (Å²) in [5.74, 6) is 0.417. The molecular formula is C29H44N6O5S2. The van der Waals surface area contributed by atoms with Crippen LogP contribution in [0.15, 0.2) is 24.3 Å². The van der Waals surface area contributed by atoms with Crippen LogP contribution in [0.1, 0.15) is 64.6 Å². The van der Waals surface area contributed by atoms with E-state index in [0.717, 1.165) is 52.2 Å². The van der Waals surface area contributed by atoms with Crippen LogP contribution >= 0.6 is 23.1 Å². The van der Waals surface area contributed by atoms with E-state index in [2.05, 4.69) is 20.9 Å². The standard InChI is InChI=1S/C29H44N6O5S2/c1-19(36)30-24-31-22(23(42-24)18-34-14-16-41-17-15-34)13-10-20-8-11-21(12-9-20)32-29(27(2,3)4,33-25(37)38)35(26(39)40)28(5,6)7/h8-9,11-12,32-33H,10,13-18H2,1-7H3,(H,37,38)(H,39,40)(H,30,31,36). The van der Waals surface area contributed by atoms with E-state index >= 15 is 0 Å². The Hall–Kier alpha value is -3.03. The first-order valence-electron chi connectivity index (χ1n) is 14.0. The van der Waals surface area contributed by atoms with Crippen molar-refractivity contribution < 1.29 is 24.6 Å². The minimum Gasteiger partial charge on any atom is -0.465 e. The second kappa shape index (κ2) is 13.5. The van der Waals surface area contributed by atoms with E-state index in [9.17, 15) is 24.6 Å². The molecule has 1 aromatic heterocycles. The van der Waals surface area contributed by atoms with E-state index in [1.165, 1.54) is 18.3 Å². The Morgan fingerprint density at radius 1 is 1.00 bits per heavy atom. The quantitative estimate of drug-likeness (QED) is 0.214. The van der Waals surface area contributed by atoms with Crippen LogP contribution in [0.3, 0.4) is 0 Å². The van der Waals surface area contributed by atoms with Crippen LogP contribution in [-0.4, -0.2) is 79.0 Å². The van der Waals surface area contributed by atoms with Crippen LogP contribution < -0.4 is 16.0 Å². The molecule has 1 aliphatic heterocycles. The number of hydrogen-bond acceptors (Lipinski definition) is 8. The number of benzene rings is 1. The largest absolute Gasteiger partial charge is 0.465 e. The average Bonchev–Trinajstić information content (AvgIpc) is 3.22. The maximum absolute atomic E-state index is 12.5. The number of hydrogen-bond donors (Lipinski definition) is 5. The van der Waals surface area contributed by atoms with Crippen LogP contribution in [-0.2, 0) is 24.2 Å². The fraction of sp³-hybridized carbons (Fsp3) is 0.586. The van der Waals surface area contributed by atoms with E-state index in [1.807, 2.05) is 36.0 Å². The lowest BCUT2D eigenvalue weighted by molar-refractivity contribution is -0.114. The van der Waals surface area contributed by atoms with Crippen LogP contribution in [0.2, 0.25) is 0 Å². The molecule has 1 aromatic carbocycles. The lowest BCUT2D eigenvalue weighted by Crippen LogP contribution is -2.76. The van der Waals surface area contributed by atoms with Crippen LogP contribution in [0.25, 0.3) is 0 Å². The highest BCUT2D eigenvalue weighted by Crippen LogP contribution is 2.39. The molecule has 42 heavy (non-hydrogen) atoms. The van der Waals surface area contributed by atoms with Gasteiger partial charge in [0, 0.05) is 59.6 Å². The van der Waals surface area contributed by atoms with E-state index in [1.54, 1.807) is 41.5 Å². The van der Waals surface area contributed by atoms with Crippen molar-refractivity contribution in [3.8, 4) is 0 Å². The molecule has 1 fully saturated rings. The summed E-state index contributed by atoms with van der Waals surface area (Å²) < 4.78 is 0. The smallest absolute Gasteiger partial charge is 0.411 e. The summed E-state index contributed by atoms with van der Waals surface area (Å²) >= 11 is 3.50. The van der Waals surface area contributed by atoms with Crippen molar-refractivity contribution in [3.63, 3.8) is 0 Å². The molecule has 3 rings (SSSR count). The molecule has 0 saturated carbocycles. The third kappa shape index (κ3) is 8.51. The van der Waals surface area contributed by atoms with Gasteiger partial charge in [-0.25, -0.2) is 14.6 Å². The van der Waals surface area contributed by atoms with Gasteiger partial charge in [0.2, 0.25) is 11.7 Å². The predicted octanol–water partition coefficient (Wildman–Crippen LogP) is 5.59. The fourth-order valence-electron chi connectivity index (χ4n) is 5.04. The molecule has 0 radical (unpaired) electrons. The van der Waals surface area contributed by atoms with Gasteiger partial charge in [0.05, 0.1) is 5.69 Å². The summed E-state index contributed by atoms with van der Waals surface area (Å²) in [5, 5.41) is 29.2. The average molecular weight is 621 g/mol. The summed E-state index contributed by atoms with van der Waals surface area (Å²) in [4.78, 5) is 45.6. The van der Waals surface area contributed by atoms with Gasteiger partial charge in [0.1, 0.15) is 0 Å². The minimum atomic E-state index is -1.67. The molecule has 2 aromatic rings. The Balaban J connectivity index is 1.83. The van der Waals surface area contributed by atoms with Gasteiger partial charge in [-0.1, -0.05) is 32.9 Å². The molecule has 2 heterocycles. The summed E-state index contributed by atoms with van der Waals surface area (Å²) in [6, 6.07) is 7.55. The van der Waals surface area contributed by atoms with E-state index in [0.29, 0.717) is 23.7 Å². The van der Waals surface area contributed by atoms with Gasteiger partial charge in [-0.3, -0.25) is 19.9 Å². The summed E-state index contributed by atoms with van der Waals surface area (Å²) in [5.41, 5.74) is 0.790. The minimum absolute atomic E-state index is 0.143. The highest BCUT2D eigenvalue weighted by Gasteiger charge is 2.54. The van der Waals surface area contributed by atoms with E-state index < -0.39 is 28.9 Å². The maximum atomic E-state index is 12.5. The number of thiazole rings is 1. The van der Waals surface area contributed by atoms with Gasteiger partial charge in [0.15, 0.2) is 5.13 Å². The molecule has 0 bridgehead atoms. The van der Waals surface area contributed by atoms with E-state index in [-0.39, 0.29) is 5.91 Å². The molecule has 11 nitrogen and oxygen atoms in total. The van der Waals surface area contributed by atoms with Crippen molar-refractivity contribution >= 4 is 52.0 Å². The first-order chi connectivity index (χ1) is 19.5. The second-order valence-corrected chi connectivity index (χ2v) is 14.8. The van der Waals surface area contributed by atoms with Gasteiger partial charge in [-0.2, -0.15) is 11.8 Å². The number of carbonyl (C=O) groups is 3. The maximum Gasteiger partial charge on any atom is 0.411 e. The number of aromatic nitrogens is 1. The Kier molecular flexibility index (Phi) is 10.8. The number of amides is 3. The van der Waals surface area contributed by atoms with E-state index in [4.69, 9.17) is 4.98 Å².